The zero-order chi connectivity index (χ0) is 17.0. The van der Waals surface area contributed by atoms with Gasteiger partial charge in [0.15, 0.2) is 0 Å². The van der Waals surface area contributed by atoms with E-state index in [1.807, 2.05) is 13.8 Å². The van der Waals surface area contributed by atoms with E-state index in [0.717, 1.165) is 5.56 Å². The molecule has 0 aromatic heterocycles. The van der Waals surface area contributed by atoms with Crippen molar-refractivity contribution in [1.29, 1.82) is 0 Å². The molecule has 0 aliphatic rings. The van der Waals surface area contributed by atoms with Crippen LogP contribution in [0.4, 0.5) is 10.1 Å². The Bertz CT molecular complexity index is 705. The van der Waals surface area contributed by atoms with E-state index in [2.05, 4.69) is 10.6 Å². The number of hydrogen-bond donors (Lipinski definition) is 2. The fraction of sp³-hybridized carbons (Fsp3) is 0.278. The van der Waals surface area contributed by atoms with E-state index in [1.165, 1.54) is 6.07 Å². The van der Waals surface area contributed by atoms with Crippen molar-refractivity contribution < 1.29 is 9.18 Å². The Morgan fingerprint density at radius 3 is 2.52 bits per heavy atom. The van der Waals surface area contributed by atoms with Crippen LogP contribution in [0.5, 0.6) is 0 Å². The SMILES string of the molecule is Cc1c(Cl)cccc1NC(=O)C(C)NC(C)c1ccccc1F. The molecule has 0 bridgehead atoms. The molecule has 2 aromatic carbocycles. The first-order valence-electron chi connectivity index (χ1n) is 7.46. The number of hydrogen-bond acceptors (Lipinski definition) is 2. The summed E-state index contributed by atoms with van der Waals surface area (Å²) in [6.45, 7) is 5.41. The average molecular weight is 335 g/mol. The van der Waals surface area contributed by atoms with Gasteiger partial charge in [-0.1, -0.05) is 35.9 Å². The highest BCUT2D eigenvalue weighted by molar-refractivity contribution is 6.31. The van der Waals surface area contributed by atoms with Crippen LogP contribution in [0, 0.1) is 12.7 Å². The number of rotatable bonds is 5. The summed E-state index contributed by atoms with van der Waals surface area (Å²) in [5.41, 5.74) is 2.03. The number of nitrogens with one attached hydrogen (secondary N) is 2. The molecule has 0 heterocycles. The molecule has 2 unspecified atom stereocenters. The highest BCUT2D eigenvalue weighted by atomic mass is 35.5. The molecule has 5 heteroatoms. The zero-order valence-electron chi connectivity index (χ0n) is 13.4. The molecule has 2 atom stereocenters. The second-order valence-corrected chi connectivity index (χ2v) is 5.94. The molecule has 2 aromatic rings. The molecule has 0 fully saturated rings. The lowest BCUT2D eigenvalue weighted by molar-refractivity contribution is -0.117. The molecular formula is C18H20ClFN2O. The maximum absolute atomic E-state index is 13.8. The van der Waals surface area contributed by atoms with Gasteiger partial charge in [0.2, 0.25) is 5.91 Å². The normalized spacial score (nSPS) is 13.4. The smallest absolute Gasteiger partial charge is 0.241 e. The van der Waals surface area contributed by atoms with Crippen LogP contribution in [0.15, 0.2) is 42.5 Å². The van der Waals surface area contributed by atoms with Crippen LogP contribution < -0.4 is 10.6 Å². The number of carbonyl (C=O) groups excluding carboxylic acids is 1. The van der Waals surface area contributed by atoms with Crippen molar-refractivity contribution in [3.05, 3.63) is 64.4 Å². The van der Waals surface area contributed by atoms with E-state index in [-0.39, 0.29) is 17.8 Å². The Labute approximate surface area is 140 Å². The fourth-order valence-electron chi connectivity index (χ4n) is 2.35. The van der Waals surface area contributed by atoms with Gasteiger partial charge in [-0.25, -0.2) is 4.39 Å². The van der Waals surface area contributed by atoms with E-state index in [4.69, 9.17) is 11.6 Å². The predicted octanol–water partition coefficient (Wildman–Crippen LogP) is 4.47. The summed E-state index contributed by atoms with van der Waals surface area (Å²) in [7, 11) is 0. The van der Waals surface area contributed by atoms with Crippen LogP contribution in [0.2, 0.25) is 5.02 Å². The first kappa shape index (κ1) is 17.4. The molecular weight excluding hydrogens is 315 g/mol. The van der Waals surface area contributed by atoms with Crippen LogP contribution >= 0.6 is 11.6 Å². The van der Waals surface area contributed by atoms with Crippen molar-refractivity contribution in [3.63, 3.8) is 0 Å². The van der Waals surface area contributed by atoms with E-state index < -0.39 is 6.04 Å². The van der Waals surface area contributed by atoms with Gasteiger partial charge in [-0.15, -0.1) is 0 Å². The Kier molecular flexibility index (Phi) is 5.74. The van der Waals surface area contributed by atoms with Gasteiger partial charge in [0, 0.05) is 22.3 Å². The average Bonchev–Trinajstić information content (AvgIpc) is 2.52. The maximum Gasteiger partial charge on any atom is 0.241 e. The third-order valence-corrected chi connectivity index (χ3v) is 4.20. The van der Waals surface area contributed by atoms with Gasteiger partial charge in [-0.05, 0) is 44.5 Å². The molecule has 1 amide bonds. The molecule has 0 saturated carbocycles. The first-order valence-corrected chi connectivity index (χ1v) is 7.84. The molecule has 0 aliphatic carbocycles. The minimum atomic E-state index is -0.483. The van der Waals surface area contributed by atoms with Crippen molar-refractivity contribution in [2.75, 3.05) is 5.32 Å². The summed E-state index contributed by atoms with van der Waals surface area (Å²) in [5, 5.41) is 6.55. The van der Waals surface area contributed by atoms with Crippen LogP contribution in [-0.4, -0.2) is 11.9 Å². The number of amides is 1. The minimum Gasteiger partial charge on any atom is -0.324 e. The molecule has 23 heavy (non-hydrogen) atoms. The highest BCUT2D eigenvalue weighted by Crippen LogP contribution is 2.23. The summed E-state index contributed by atoms with van der Waals surface area (Å²) in [6, 6.07) is 11.1. The Morgan fingerprint density at radius 1 is 1.13 bits per heavy atom. The molecule has 3 nitrogen and oxygen atoms in total. The summed E-state index contributed by atoms with van der Waals surface area (Å²) in [5.74, 6) is -0.482. The van der Waals surface area contributed by atoms with Gasteiger partial charge in [0.25, 0.3) is 0 Å². The lowest BCUT2D eigenvalue weighted by Crippen LogP contribution is -2.39. The summed E-state index contributed by atoms with van der Waals surface area (Å²) in [6.07, 6.45) is 0. The third-order valence-electron chi connectivity index (χ3n) is 3.79. The summed E-state index contributed by atoms with van der Waals surface area (Å²) < 4.78 is 13.8. The van der Waals surface area contributed by atoms with Crippen molar-refractivity contribution in [3.8, 4) is 0 Å². The Morgan fingerprint density at radius 2 is 1.83 bits per heavy atom. The standard InChI is InChI=1S/C18H20ClFN2O/c1-11-15(19)8-6-10-17(11)22-18(23)13(3)21-12(2)14-7-4-5-9-16(14)20/h4-10,12-13,21H,1-3H3,(H,22,23). The van der Waals surface area contributed by atoms with Gasteiger partial charge >= 0.3 is 0 Å². The minimum absolute atomic E-state index is 0.196. The third kappa shape index (κ3) is 4.30. The second kappa shape index (κ2) is 7.57. The molecule has 122 valence electrons. The van der Waals surface area contributed by atoms with E-state index >= 15 is 0 Å². The van der Waals surface area contributed by atoms with Crippen LogP contribution in [0.1, 0.15) is 31.0 Å². The number of carbonyl (C=O) groups is 1. The number of anilines is 1. The molecule has 0 aliphatic heterocycles. The van der Waals surface area contributed by atoms with Gasteiger partial charge < -0.3 is 5.32 Å². The number of benzene rings is 2. The van der Waals surface area contributed by atoms with E-state index in [0.29, 0.717) is 16.3 Å². The van der Waals surface area contributed by atoms with Crippen LogP contribution in [-0.2, 0) is 4.79 Å². The largest absolute Gasteiger partial charge is 0.324 e. The predicted molar refractivity (Wildman–Crippen MR) is 92.2 cm³/mol. The Hall–Kier alpha value is -1.91. The molecule has 2 N–H and O–H groups in total. The van der Waals surface area contributed by atoms with Gasteiger partial charge in [-0.3, -0.25) is 10.1 Å². The maximum atomic E-state index is 13.8. The highest BCUT2D eigenvalue weighted by Gasteiger charge is 2.18. The van der Waals surface area contributed by atoms with Crippen LogP contribution in [0.3, 0.4) is 0 Å². The fourth-order valence-corrected chi connectivity index (χ4v) is 2.53. The Balaban J connectivity index is 2.03. The lowest BCUT2D eigenvalue weighted by atomic mass is 10.1. The first-order chi connectivity index (χ1) is 10.9. The topological polar surface area (TPSA) is 41.1 Å². The lowest BCUT2D eigenvalue weighted by Gasteiger charge is -2.21. The van der Waals surface area contributed by atoms with Crippen molar-refractivity contribution in [1.82, 2.24) is 5.32 Å². The van der Waals surface area contributed by atoms with Gasteiger partial charge in [-0.2, -0.15) is 0 Å². The summed E-state index contributed by atoms with van der Waals surface area (Å²) in [4.78, 5) is 12.3. The quantitative estimate of drug-likeness (QED) is 0.847. The van der Waals surface area contributed by atoms with Crippen LogP contribution in [0.25, 0.3) is 0 Å². The molecule has 2 rings (SSSR count). The zero-order valence-corrected chi connectivity index (χ0v) is 14.1. The van der Waals surface area contributed by atoms with E-state index in [1.54, 1.807) is 43.3 Å². The second-order valence-electron chi connectivity index (χ2n) is 5.53. The van der Waals surface area contributed by atoms with Crippen molar-refractivity contribution >= 4 is 23.2 Å². The van der Waals surface area contributed by atoms with Gasteiger partial charge in [0.05, 0.1) is 6.04 Å². The van der Waals surface area contributed by atoms with E-state index in [9.17, 15) is 9.18 Å². The molecule has 0 saturated heterocycles. The monoisotopic (exact) mass is 334 g/mol. The van der Waals surface area contributed by atoms with Crippen molar-refractivity contribution in [2.45, 2.75) is 32.9 Å². The number of halogens is 2. The molecule has 0 spiro atoms. The molecule has 0 radical (unpaired) electrons. The van der Waals surface area contributed by atoms with Crippen molar-refractivity contribution in [2.24, 2.45) is 0 Å². The van der Waals surface area contributed by atoms with Gasteiger partial charge in [0.1, 0.15) is 5.82 Å². The summed E-state index contributed by atoms with van der Waals surface area (Å²) >= 11 is 6.05.